The standard InChI is InChI=1S/C18H21N3O6S/c1-4-9-19-28(25,26)17-10-13(6-8-16(17)27-3)18(22)20-15-11-14(21(23)24)7-5-12(15)2/h5-8,10-11,19H,4,9H2,1-3H3,(H,20,22). The number of benzene rings is 2. The van der Waals surface area contributed by atoms with Crippen LogP contribution in [0.25, 0.3) is 0 Å². The van der Waals surface area contributed by atoms with Crippen LogP contribution in [0.2, 0.25) is 0 Å². The molecule has 2 aromatic rings. The van der Waals surface area contributed by atoms with E-state index in [2.05, 4.69) is 10.0 Å². The van der Waals surface area contributed by atoms with E-state index in [0.29, 0.717) is 12.0 Å². The molecule has 1 amide bonds. The minimum Gasteiger partial charge on any atom is -0.495 e. The Kier molecular flexibility index (Phi) is 6.71. The lowest BCUT2D eigenvalue weighted by atomic mass is 10.1. The average molecular weight is 407 g/mol. The topological polar surface area (TPSA) is 128 Å². The van der Waals surface area contributed by atoms with E-state index in [-0.39, 0.29) is 34.1 Å². The van der Waals surface area contributed by atoms with E-state index < -0.39 is 20.9 Å². The number of hydrogen-bond donors (Lipinski definition) is 2. The van der Waals surface area contributed by atoms with E-state index in [4.69, 9.17) is 4.74 Å². The monoisotopic (exact) mass is 407 g/mol. The Morgan fingerprint density at radius 3 is 2.54 bits per heavy atom. The van der Waals surface area contributed by atoms with Gasteiger partial charge in [-0.1, -0.05) is 13.0 Å². The molecule has 2 N–H and O–H groups in total. The number of hydrogen-bond acceptors (Lipinski definition) is 6. The van der Waals surface area contributed by atoms with Crippen molar-refractivity contribution >= 4 is 27.3 Å². The summed E-state index contributed by atoms with van der Waals surface area (Å²) in [4.78, 5) is 22.8. The molecule has 28 heavy (non-hydrogen) atoms. The van der Waals surface area contributed by atoms with Crippen molar-refractivity contribution in [3.63, 3.8) is 0 Å². The van der Waals surface area contributed by atoms with Crippen molar-refractivity contribution in [2.75, 3.05) is 19.0 Å². The molecule has 0 atom stereocenters. The van der Waals surface area contributed by atoms with Gasteiger partial charge in [-0.25, -0.2) is 13.1 Å². The number of anilines is 1. The van der Waals surface area contributed by atoms with Crippen LogP contribution in [0.5, 0.6) is 5.75 Å². The molecule has 0 saturated heterocycles. The van der Waals surface area contributed by atoms with Crippen molar-refractivity contribution in [3.05, 3.63) is 57.6 Å². The number of amides is 1. The third kappa shape index (κ3) is 4.84. The van der Waals surface area contributed by atoms with Gasteiger partial charge in [0.05, 0.1) is 17.7 Å². The van der Waals surface area contributed by atoms with E-state index in [9.17, 15) is 23.3 Å². The first-order valence-corrected chi connectivity index (χ1v) is 9.92. The Morgan fingerprint density at radius 2 is 1.93 bits per heavy atom. The third-order valence-electron chi connectivity index (χ3n) is 3.94. The second-order valence-electron chi connectivity index (χ2n) is 5.97. The minimum atomic E-state index is -3.86. The number of non-ortho nitro benzene ring substituents is 1. The number of ether oxygens (including phenoxy) is 1. The number of nitrogens with zero attached hydrogens (tertiary/aromatic N) is 1. The normalized spacial score (nSPS) is 11.1. The molecule has 0 bridgehead atoms. The molecule has 0 heterocycles. The zero-order valence-electron chi connectivity index (χ0n) is 15.7. The zero-order valence-corrected chi connectivity index (χ0v) is 16.5. The Hall–Kier alpha value is -2.98. The molecule has 0 aliphatic rings. The van der Waals surface area contributed by atoms with Crippen LogP contribution in [-0.2, 0) is 10.0 Å². The van der Waals surface area contributed by atoms with E-state index >= 15 is 0 Å². The summed E-state index contributed by atoms with van der Waals surface area (Å²) in [6.45, 7) is 3.76. The summed E-state index contributed by atoms with van der Waals surface area (Å²) in [5.74, 6) is -0.495. The molecular weight excluding hydrogens is 386 g/mol. The molecule has 150 valence electrons. The first kappa shape index (κ1) is 21.3. The minimum absolute atomic E-state index is 0.0728. The van der Waals surface area contributed by atoms with Gasteiger partial charge in [0, 0.05) is 24.2 Å². The third-order valence-corrected chi connectivity index (χ3v) is 5.42. The fourth-order valence-electron chi connectivity index (χ4n) is 2.39. The first-order chi connectivity index (χ1) is 13.2. The van der Waals surface area contributed by atoms with Gasteiger partial charge in [0.2, 0.25) is 10.0 Å². The Balaban J connectivity index is 2.38. The Bertz CT molecular complexity index is 1000. The fraction of sp³-hybridized carbons (Fsp3) is 0.278. The van der Waals surface area contributed by atoms with Gasteiger partial charge >= 0.3 is 0 Å². The molecule has 0 aliphatic heterocycles. The van der Waals surface area contributed by atoms with Crippen LogP contribution in [0.1, 0.15) is 29.3 Å². The summed E-state index contributed by atoms with van der Waals surface area (Å²) in [6.07, 6.45) is 0.605. The molecule has 0 saturated carbocycles. The predicted octanol–water partition coefficient (Wildman–Crippen LogP) is 2.85. The van der Waals surface area contributed by atoms with Gasteiger partial charge in [-0.3, -0.25) is 14.9 Å². The van der Waals surface area contributed by atoms with E-state index in [1.807, 2.05) is 6.92 Å². The van der Waals surface area contributed by atoms with E-state index in [0.717, 1.165) is 0 Å². The second kappa shape index (κ2) is 8.81. The second-order valence-corrected chi connectivity index (χ2v) is 7.71. The van der Waals surface area contributed by atoms with Crippen molar-refractivity contribution in [2.45, 2.75) is 25.2 Å². The fourth-order valence-corrected chi connectivity index (χ4v) is 3.72. The van der Waals surface area contributed by atoms with Crippen molar-refractivity contribution in [2.24, 2.45) is 0 Å². The Labute approximate surface area is 162 Å². The quantitative estimate of drug-likeness (QED) is 0.512. The number of aryl methyl sites for hydroxylation is 1. The average Bonchev–Trinajstić information content (AvgIpc) is 2.67. The van der Waals surface area contributed by atoms with Gasteiger partial charge in [0.25, 0.3) is 11.6 Å². The maximum absolute atomic E-state index is 12.6. The highest BCUT2D eigenvalue weighted by atomic mass is 32.2. The molecule has 0 radical (unpaired) electrons. The molecule has 2 aromatic carbocycles. The molecule has 0 fully saturated rings. The molecule has 2 rings (SSSR count). The summed E-state index contributed by atoms with van der Waals surface area (Å²) in [5, 5.41) is 13.5. The summed E-state index contributed by atoms with van der Waals surface area (Å²) in [6, 6.07) is 8.11. The zero-order chi connectivity index (χ0) is 20.9. The number of rotatable bonds is 8. The highest BCUT2D eigenvalue weighted by Crippen LogP contribution is 2.26. The number of carbonyl (C=O) groups is 1. The molecule has 10 heteroatoms. The van der Waals surface area contributed by atoms with Crippen LogP contribution in [-0.4, -0.2) is 32.9 Å². The smallest absolute Gasteiger partial charge is 0.271 e. The number of carbonyl (C=O) groups excluding carboxylic acids is 1. The van der Waals surface area contributed by atoms with Crippen molar-refractivity contribution in [1.29, 1.82) is 0 Å². The maximum Gasteiger partial charge on any atom is 0.271 e. The molecular formula is C18H21N3O6S. The van der Waals surface area contributed by atoms with Gasteiger partial charge in [-0.15, -0.1) is 0 Å². The van der Waals surface area contributed by atoms with E-state index in [1.54, 1.807) is 6.92 Å². The highest BCUT2D eigenvalue weighted by Gasteiger charge is 2.21. The van der Waals surface area contributed by atoms with Crippen LogP contribution >= 0.6 is 0 Å². The van der Waals surface area contributed by atoms with Gasteiger partial charge in [0.15, 0.2) is 0 Å². The predicted molar refractivity (Wildman–Crippen MR) is 104 cm³/mol. The number of nitro groups is 1. The number of sulfonamides is 1. The van der Waals surface area contributed by atoms with Crippen molar-refractivity contribution in [3.8, 4) is 5.75 Å². The van der Waals surface area contributed by atoms with Crippen molar-refractivity contribution in [1.82, 2.24) is 4.72 Å². The van der Waals surface area contributed by atoms with Gasteiger partial charge < -0.3 is 10.1 Å². The largest absolute Gasteiger partial charge is 0.495 e. The van der Waals surface area contributed by atoms with Gasteiger partial charge in [-0.05, 0) is 37.1 Å². The summed E-state index contributed by atoms with van der Waals surface area (Å²) in [5.41, 5.74) is 0.805. The van der Waals surface area contributed by atoms with Crippen LogP contribution in [0.4, 0.5) is 11.4 Å². The van der Waals surface area contributed by atoms with Gasteiger partial charge in [0.1, 0.15) is 10.6 Å². The number of nitrogens with one attached hydrogen (secondary N) is 2. The van der Waals surface area contributed by atoms with Crippen LogP contribution in [0, 0.1) is 17.0 Å². The summed E-state index contributed by atoms with van der Waals surface area (Å²) >= 11 is 0. The highest BCUT2D eigenvalue weighted by molar-refractivity contribution is 7.89. The van der Waals surface area contributed by atoms with Crippen molar-refractivity contribution < 1.29 is 22.9 Å². The molecule has 0 unspecified atom stereocenters. The SMILES string of the molecule is CCCNS(=O)(=O)c1cc(C(=O)Nc2cc([N+](=O)[O-])ccc2C)ccc1OC. The maximum atomic E-state index is 12.6. The molecule has 9 nitrogen and oxygen atoms in total. The van der Waals surface area contributed by atoms with Crippen LogP contribution < -0.4 is 14.8 Å². The number of methoxy groups -OCH3 is 1. The van der Waals surface area contributed by atoms with Crippen LogP contribution in [0.3, 0.4) is 0 Å². The molecule has 0 aromatic heterocycles. The summed E-state index contributed by atoms with van der Waals surface area (Å²) < 4.78 is 32.5. The lowest BCUT2D eigenvalue weighted by Gasteiger charge is -2.13. The molecule has 0 spiro atoms. The van der Waals surface area contributed by atoms with Gasteiger partial charge in [-0.2, -0.15) is 0 Å². The Morgan fingerprint density at radius 1 is 1.21 bits per heavy atom. The first-order valence-electron chi connectivity index (χ1n) is 8.43. The molecule has 0 aliphatic carbocycles. The lowest BCUT2D eigenvalue weighted by molar-refractivity contribution is -0.384. The van der Waals surface area contributed by atoms with E-state index in [1.165, 1.54) is 43.5 Å². The number of nitro benzene ring substituents is 1. The lowest BCUT2D eigenvalue weighted by Crippen LogP contribution is -2.25. The summed E-state index contributed by atoms with van der Waals surface area (Å²) in [7, 11) is -2.53. The van der Waals surface area contributed by atoms with Crippen LogP contribution in [0.15, 0.2) is 41.3 Å².